The van der Waals surface area contributed by atoms with Crippen molar-refractivity contribution in [2.75, 3.05) is 6.61 Å². The summed E-state index contributed by atoms with van der Waals surface area (Å²) in [6, 6.07) is 5.11. The fourth-order valence-corrected chi connectivity index (χ4v) is 4.19. The fraction of sp³-hybridized carbons (Fsp3) is 0.750. The van der Waals surface area contributed by atoms with Crippen molar-refractivity contribution in [3.8, 4) is 0 Å². The SMILES string of the molecule is CCCCCCCC.CCCCCCCCOC(=O)c1ccc(CCCCCCCC)cc1C(=O)O. The van der Waals surface area contributed by atoms with Crippen LogP contribution in [0.2, 0.25) is 0 Å². The predicted molar refractivity (Wildman–Crippen MR) is 153 cm³/mol. The third-order valence-corrected chi connectivity index (χ3v) is 6.54. The molecular weight excluding hydrogens is 448 g/mol. The molecule has 1 N–H and O–H groups in total. The lowest BCUT2D eigenvalue weighted by Gasteiger charge is -2.10. The number of hydrogen-bond donors (Lipinski definition) is 1. The molecule has 0 amide bonds. The Hall–Kier alpha value is -1.84. The average molecular weight is 505 g/mol. The Bertz CT molecular complexity index is 662. The molecule has 0 atom stereocenters. The first kappa shape index (κ1) is 34.2. The van der Waals surface area contributed by atoms with Gasteiger partial charge in [0, 0.05) is 0 Å². The summed E-state index contributed by atoms with van der Waals surface area (Å²) in [7, 11) is 0. The van der Waals surface area contributed by atoms with Gasteiger partial charge in [0.05, 0.1) is 17.7 Å². The second-order valence-corrected chi connectivity index (χ2v) is 10.0. The van der Waals surface area contributed by atoms with Gasteiger partial charge in [-0.3, -0.25) is 0 Å². The van der Waals surface area contributed by atoms with Crippen LogP contribution >= 0.6 is 0 Å². The molecule has 0 heterocycles. The fourth-order valence-electron chi connectivity index (χ4n) is 4.19. The number of carbonyl (C=O) groups excluding carboxylic acids is 1. The zero-order valence-electron chi connectivity index (χ0n) is 24.0. The molecule has 0 aromatic heterocycles. The van der Waals surface area contributed by atoms with Crippen LogP contribution < -0.4 is 0 Å². The zero-order chi connectivity index (χ0) is 26.9. The minimum Gasteiger partial charge on any atom is -0.478 e. The maximum Gasteiger partial charge on any atom is 0.339 e. The van der Waals surface area contributed by atoms with Crippen LogP contribution in [0.5, 0.6) is 0 Å². The molecule has 0 aliphatic carbocycles. The van der Waals surface area contributed by atoms with E-state index in [1.807, 2.05) is 6.07 Å². The Labute approximate surface area is 222 Å². The first-order chi connectivity index (χ1) is 17.5. The number of aryl methyl sites for hydroxylation is 1. The number of esters is 1. The molecule has 0 aliphatic heterocycles. The standard InChI is InChI=1S/C24H38O4.C8H18/c1-3-5-7-9-11-13-15-20-16-17-21(22(19-20)23(25)26)24(27)28-18-14-12-10-8-6-4-2;1-3-5-7-8-6-4-2/h16-17,19H,3-15,18H2,1-2H3,(H,25,26);3-8H2,1-2H3. The van der Waals surface area contributed by atoms with Gasteiger partial charge >= 0.3 is 11.9 Å². The Kier molecular flexibility index (Phi) is 23.6. The molecule has 0 fully saturated rings. The third-order valence-electron chi connectivity index (χ3n) is 6.54. The molecule has 1 aromatic carbocycles. The van der Waals surface area contributed by atoms with Crippen molar-refractivity contribution in [2.45, 2.75) is 150 Å². The molecular formula is C32H56O4. The second kappa shape index (κ2) is 24.8. The number of carbonyl (C=O) groups is 2. The molecule has 4 heteroatoms. The van der Waals surface area contributed by atoms with Gasteiger partial charge in [-0.25, -0.2) is 9.59 Å². The number of hydrogen-bond acceptors (Lipinski definition) is 3. The maximum atomic E-state index is 12.3. The lowest BCUT2D eigenvalue weighted by Crippen LogP contribution is -2.13. The van der Waals surface area contributed by atoms with Crippen LogP contribution in [0.4, 0.5) is 0 Å². The smallest absolute Gasteiger partial charge is 0.339 e. The Morgan fingerprint density at radius 1 is 0.611 bits per heavy atom. The van der Waals surface area contributed by atoms with Gasteiger partial charge in [-0.15, -0.1) is 0 Å². The Morgan fingerprint density at radius 3 is 1.53 bits per heavy atom. The quantitative estimate of drug-likeness (QED) is 0.134. The summed E-state index contributed by atoms with van der Waals surface area (Å²) in [5.41, 5.74) is 1.18. The molecule has 0 radical (unpaired) electrons. The van der Waals surface area contributed by atoms with Crippen molar-refractivity contribution in [2.24, 2.45) is 0 Å². The number of aromatic carboxylic acids is 1. The zero-order valence-corrected chi connectivity index (χ0v) is 24.0. The van der Waals surface area contributed by atoms with Crippen LogP contribution in [0.1, 0.15) is 170 Å². The number of carboxylic acid groups (broad SMARTS) is 1. The van der Waals surface area contributed by atoms with E-state index >= 15 is 0 Å². The van der Waals surface area contributed by atoms with Gasteiger partial charge in [0.15, 0.2) is 0 Å². The number of benzene rings is 1. The van der Waals surface area contributed by atoms with E-state index in [9.17, 15) is 14.7 Å². The van der Waals surface area contributed by atoms with Gasteiger partial charge < -0.3 is 9.84 Å². The molecule has 0 aliphatic rings. The van der Waals surface area contributed by atoms with E-state index < -0.39 is 11.9 Å². The molecule has 0 saturated carbocycles. The molecule has 36 heavy (non-hydrogen) atoms. The normalized spacial score (nSPS) is 10.6. The lowest BCUT2D eigenvalue weighted by molar-refractivity contribution is 0.0487. The van der Waals surface area contributed by atoms with E-state index in [0.29, 0.717) is 6.61 Å². The van der Waals surface area contributed by atoms with Gasteiger partial charge in [0.25, 0.3) is 0 Å². The van der Waals surface area contributed by atoms with E-state index in [0.717, 1.165) is 44.1 Å². The highest BCUT2D eigenvalue weighted by Gasteiger charge is 2.18. The molecule has 4 nitrogen and oxygen atoms in total. The van der Waals surface area contributed by atoms with Crippen LogP contribution in [0.25, 0.3) is 0 Å². The first-order valence-corrected chi connectivity index (χ1v) is 15.0. The molecule has 1 rings (SSSR count). The van der Waals surface area contributed by atoms with E-state index in [-0.39, 0.29) is 11.1 Å². The van der Waals surface area contributed by atoms with Gasteiger partial charge in [-0.2, -0.15) is 0 Å². The maximum absolute atomic E-state index is 12.3. The van der Waals surface area contributed by atoms with Crippen molar-refractivity contribution >= 4 is 11.9 Å². The topological polar surface area (TPSA) is 63.6 Å². The van der Waals surface area contributed by atoms with Gasteiger partial charge in [0.1, 0.15) is 0 Å². The summed E-state index contributed by atoms with van der Waals surface area (Å²) in [4.78, 5) is 23.9. The van der Waals surface area contributed by atoms with E-state index in [4.69, 9.17) is 4.74 Å². The monoisotopic (exact) mass is 504 g/mol. The van der Waals surface area contributed by atoms with Crippen molar-refractivity contribution in [1.82, 2.24) is 0 Å². The summed E-state index contributed by atoms with van der Waals surface area (Å²) < 4.78 is 5.30. The number of rotatable bonds is 21. The van der Waals surface area contributed by atoms with Crippen LogP contribution in [-0.4, -0.2) is 23.7 Å². The van der Waals surface area contributed by atoms with Crippen LogP contribution in [-0.2, 0) is 11.2 Å². The largest absolute Gasteiger partial charge is 0.478 e. The highest BCUT2D eigenvalue weighted by atomic mass is 16.5. The van der Waals surface area contributed by atoms with E-state index in [1.165, 1.54) is 83.5 Å². The Balaban J connectivity index is 0.00000131. The summed E-state index contributed by atoms with van der Waals surface area (Å²) in [5.74, 6) is -1.60. The third kappa shape index (κ3) is 18.4. The highest BCUT2D eigenvalue weighted by Crippen LogP contribution is 2.17. The highest BCUT2D eigenvalue weighted by molar-refractivity contribution is 6.02. The van der Waals surface area contributed by atoms with Crippen molar-refractivity contribution in [3.05, 3.63) is 34.9 Å². The van der Waals surface area contributed by atoms with Gasteiger partial charge in [-0.05, 0) is 37.0 Å². The molecule has 0 spiro atoms. The Morgan fingerprint density at radius 2 is 1.06 bits per heavy atom. The van der Waals surface area contributed by atoms with Gasteiger partial charge in [-0.1, -0.05) is 136 Å². The van der Waals surface area contributed by atoms with Crippen LogP contribution in [0.3, 0.4) is 0 Å². The molecule has 0 bridgehead atoms. The summed E-state index contributed by atoms with van der Waals surface area (Å²) in [5, 5.41) is 9.49. The summed E-state index contributed by atoms with van der Waals surface area (Å²) in [6.45, 7) is 9.25. The second-order valence-electron chi connectivity index (χ2n) is 10.0. The minimum atomic E-state index is -1.07. The predicted octanol–water partition coefficient (Wildman–Crippen LogP) is 10.2. The van der Waals surface area contributed by atoms with E-state index in [2.05, 4.69) is 27.7 Å². The molecule has 0 unspecified atom stereocenters. The van der Waals surface area contributed by atoms with Crippen molar-refractivity contribution in [3.63, 3.8) is 0 Å². The molecule has 208 valence electrons. The number of unbranched alkanes of at least 4 members (excludes halogenated alkanes) is 15. The van der Waals surface area contributed by atoms with Crippen molar-refractivity contribution in [1.29, 1.82) is 0 Å². The van der Waals surface area contributed by atoms with Crippen LogP contribution in [0.15, 0.2) is 18.2 Å². The first-order valence-electron chi connectivity index (χ1n) is 15.0. The number of carboxylic acids is 1. The minimum absolute atomic E-state index is 0.0522. The molecule has 1 aromatic rings. The molecule has 0 saturated heterocycles. The summed E-state index contributed by atoms with van der Waals surface area (Å²) in [6.07, 6.45) is 23.2. The lowest BCUT2D eigenvalue weighted by atomic mass is 9.99. The average Bonchev–Trinajstić information content (AvgIpc) is 2.88. The number of ether oxygens (including phenoxy) is 1. The van der Waals surface area contributed by atoms with E-state index in [1.54, 1.807) is 12.1 Å². The van der Waals surface area contributed by atoms with Gasteiger partial charge in [0.2, 0.25) is 0 Å². The van der Waals surface area contributed by atoms with Crippen molar-refractivity contribution < 1.29 is 19.4 Å². The van der Waals surface area contributed by atoms with Crippen LogP contribution in [0, 0.1) is 0 Å². The summed E-state index contributed by atoms with van der Waals surface area (Å²) >= 11 is 0.